The molecule has 2 rings (SSSR count). The summed E-state index contributed by atoms with van der Waals surface area (Å²) >= 11 is 6.03. The fourth-order valence-corrected chi connectivity index (χ4v) is 2.15. The van der Waals surface area contributed by atoms with Crippen molar-refractivity contribution in [2.24, 2.45) is 0 Å². The second-order valence-corrected chi connectivity index (χ2v) is 4.77. The van der Waals surface area contributed by atoms with Gasteiger partial charge in [0.25, 0.3) is 0 Å². The van der Waals surface area contributed by atoms with Crippen LogP contribution in [0.4, 0.5) is 11.5 Å². The van der Waals surface area contributed by atoms with Gasteiger partial charge >= 0.3 is 0 Å². The summed E-state index contributed by atoms with van der Waals surface area (Å²) < 4.78 is 0. The molecule has 1 aromatic carbocycles. The molecule has 4 heteroatoms. The van der Waals surface area contributed by atoms with Gasteiger partial charge in [0.2, 0.25) is 0 Å². The number of aryl methyl sites for hydroxylation is 2. The largest absolute Gasteiger partial charge is 0.340 e. The molecule has 1 heterocycles. The van der Waals surface area contributed by atoms with Crippen LogP contribution in [0.5, 0.6) is 0 Å². The lowest BCUT2D eigenvalue weighted by Crippen LogP contribution is -2.02. The molecule has 2 aromatic rings. The normalized spacial score (nSPS) is 10.5. The summed E-state index contributed by atoms with van der Waals surface area (Å²) in [6, 6.07) is 9.97. The Kier molecular flexibility index (Phi) is 4.74. The first-order valence-electron chi connectivity index (χ1n) is 6.61. The van der Waals surface area contributed by atoms with Gasteiger partial charge in [-0.25, -0.2) is 9.97 Å². The minimum absolute atomic E-state index is 0.481. The van der Waals surface area contributed by atoms with Gasteiger partial charge in [-0.2, -0.15) is 0 Å². The molecule has 0 spiro atoms. The number of anilines is 2. The molecule has 0 radical (unpaired) electrons. The van der Waals surface area contributed by atoms with Crippen molar-refractivity contribution >= 4 is 23.1 Å². The van der Waals surface area contributed by atoms with Crippen molar-refractivity contribution in [2.75, 3.05) is 5.32 Å². The van der Waals surface area contributed by atoms with Crippen molar-refractivity contribution < 1.29 is 0 Å². The molecule has 3 nitrogen and oxygen atoms in total. The van der Waals surface area contributed by atoms with Crippen molar-refractivity contribution in [2.45, 2.75) is 33.1 Å². The topological polar surface area (TPSA) is 37.8 Å². The SMILES string of the molecule is CCCc1nc(Cl)cc(Nc2ccccc2CC)n1. The van der Waals surface area contributed by atoms with Gasteiger partial charge < -0.3 is 5.32 Å². The number of para-hydroxylation sites is 1. The zero-order chi connectivity index (χ0) is 13.7. The Morgan fingerprint density at radius 1 is 1.16 bits per heavy atom. The molecule has 0 saturated carbocycles. The highest BCUT2D eigenvalue weighted by Gasteiger charge is 2.05. The molecule has 0 aliphatic heterocycles. The van der Waals surface area contributed by atoms with Crippen molar-refractivity contribution in [1.29, 1.82) is 0 Å². The number of nitrogens with one attached hydrogen (secondary N) is 1. The molecule has 0 bridgehead atoms. The average molecular weight is 276 g/mol. The molecule has 1 aromatic heterocycles. The molecule has 0 aliphatic rings. The Morgan fingerprint density at radius 2 is 1.95 bits per heavy atom. The number of rotatable bonds is 5. The third kappa shape index (κ3) is 3.67. The van der Waals surface area contributed by atoms with E-state index in [1.165, 1.54) is 5.56 Å². The van der Waals surface area contributed by atoms with E-state index in [9.17, 15) is 0 Å². The zero-order valence-electron chi connectivity index (χ0n) is 11.3. The van der Waals surface area contributed by atoms with E-state index in [1.54, 1.807) is 6.07 Å². The first-order valence-corrected chi connectivity index (χ1v) is 6.99. The van der Waals surface area contributed by atoms with Gasteiger partial charge in [0.05, 0.1) is 0 Å². The van der Waals surface area contributed by atoms with E-state index in [-0.39, 0.29) is 0 Å². The van der Waals surface area contributed by atoms with Gasteiger partial charge in [0, 0.05) is 18.2 Å². The monoisotopic (exact) mass is 275 g/mol. The van der Waals surface area contributed by atoms with Crippen molar-refractivity contribution in [3.05, 3.63) is 46.9 Å². The zero-order valence-corrected chi connectivity index (χ0v) is 12.0. The van der Waals surface area contributed by atoms with Crippen LogP contribution < -0.4 is 5.32 Å². The Labute approximate surface area is 119 Å². The molecule has 0 saturated heterocycles. The Balaban J connectivity index is 2.27. The molecule has 0 amide bonds. The minimum atomic E-state index is 0.481. The molecule has 0 aliphatic carbocycles. The quantitative estimate of drug-likeness (QED) is 0.823. The predicted octanol–water partition coefficient (Wildman–Crippen LogP) is 4.39. The van der Waals surface area contributed by atoms with Crippen molar-refractivity contribution in [3.63, 3.8) is 0 Å². The van der Waals surface area contributed by atoms with E-state index in [1.807, 2.05) is 18.2 Å². The Morgan fingerprint density at radius 3 is 2.68 bits per heavy atom. The summed E-state index contributed by atoms with van der Waals surface area (Å²) in [7, 11) is 0. The molecule has 1 N–H and O–H groups in total. The van der Waals surface area contributed by atoms with Gasteiger partial charge in [-0.05, 0) is 24.5 Å². The summed E-state index contributed by atoms with van der Waals surface area (Å²) in [5.41, 5.74) is 2.33. The fraction of sp³-hybridized carbons (Fsp3) is 0.333. The van der Waals surface area contributed by atoms with Gasteiger partial charge in [0.1, 0.15) is 16.8 Å². The van der Waals surface area contributed by atoms with E-state index in [4.69, 9.17) is 11.6 Å². The van der Waals surface area contributed by atoms with Gasteiger partial charge in [0.15, 0.2) is 0 Å². The summed E-state index contributed by atoms with van der Waals surface area (Å²) in [5.74, 6) is 1.54. The van der Waals surface area contributed by atoms with Crippen LogP contribution in [-0.2, 0) is 12.8 Å². The molecular formula is C15H18ClN3. The average Bonchev–Trinajstić information content (AvgIpc) is 2.39. The third-order valence-corrected chi connectivity index (χ3v) is 3.07. The van der Waals surface area contributed by atoms with Crippen LogP contribution in [0.15, 0.2) is 30.3 Å². The smallest absolute Gasteiger partial charge is 0.135 e. The van der Waals surface area contributed by atoms with Gasteiger partial charge in [-0.1, -0.05) is 43.6 Å². The number of nitrogens with zero attached hydrogens (tertiary/aromatic N) is 2. The summed E-state index contributed by atoms with van der Waals surface area (Å²) in [4.78, 5) is 8.71. The molecule has 0 fully saturated rings. The molecule has 100 valence electrons. The van der Waals surface area contributed by atoms with E-state index in [0.29, 0.717) is 5.15 Å². The first-order chi connectivity index (χ1) is 9.22. The fourth-order valence-electron chi connectivity index (χ4n) is 1.95. The lowest BCUT2D eigenvalue weighted by atomic mass is 10.1. The highest BCUT2D eigenvalue weighted by atomic mass is 35.5. The summed E-state index contributed by atoms with van der Waals surface area (Å²) in [6.07, 6.45) is 2.82. The van der Waals surface area contributed by atoms with Crippen LogP contribution in [0, 0.1) is 0 Å². The second-order valence-electron chi connectivity index (χ2n) is 4.38. The Hall–Kier alpha value is -1.61. The van der Waals surface area contributed by atoms with E-state index >= 15 is 0 Å². The molecule has 0 unspecified atom stereocenters. The van der Waals surface area contributed by atoms with Crippen LogP contribution in [0.3, 0.4) is 0 Å². The lowest BCUT2D eigenvalue weighted by molar-refractivity contribution is 0.836. The van der Waals surface area contributed by atoms with Gasteiger partial charge in [-0.3, -0.25) is 0 Å². The first kappa shape index (κ1) is 13.8. The van der Waals surface area contributed by atoms with Crippen LogP contribution in [0.2, 0.25) is 5.15 Å². The van der Waals surface area contributed by atoms with E-state index < -0.39 is 0 Å². The maximum atomic E-state index is 6.03. The van der Waals surface area contributed by atoms with Crippen LogP contribution in [0.25, 0.3) is 0 Å². The number of benzene rings is 1. The highest BCUT2D eigenvalue weighted by molar-refractivity contribution is 6.29. The lowest BCUT2D eigenvalue weighted by Gasteiger charge is -2.11. The predicted molar refractivity (Wildman–Crippen MR) is 80.1 cm³/mol. The van der Waals surface area contributed by atoms with Crippen LogP contribution in [0.1, 0.15) is 31.7 Å². The molecular weight excluding hydrogens is 258 g/mol. The minimum Gasteiger partial charge on any atom is -0.340 e. The maximum Gasteiger partial charge on any atom is 0.135 e. The summed E-state index contributed by atoms with van der Waals surface area (Å²) in [6.45, 7) is 4.24. The van der Waals surface area contributed by atoms with Crippen LogP contribution >= 0.6 is 11.6 Å². The van der Waals surface area contributed by atoms with E-state index in [0.717, 1.165) is 36.6 Å². The maximum absolute atomic E-state index is 6.03. The highest BCUT2D eigenvalue weighted by Crippen LogP contribution is 2.21. The second kappa shape index (κ2) is 6.53. The van der Waals surface area contributed by atoms with Crippen molar-refractivity contribution in [1.82, 2.24) is 9.97 Å². The number of halogens is 1. The van der Waals surface area contributed by atoms with Gasteiger partial charge in [-0.15, -0.1) is 0 Å². The molecule has 19 heavy (non-hydrogen) atoms. The number of hydrogen-bond acceptors (Lipinski definition) is 3. The number of aromatic nitrogens is 2. The third-order valence-electron chi connectivity index (χ3n) is 2.88. The van der Waals surface area contributed by atoms with Crippen molar-refractivity contribution in [3.8, 4) is 0 Å². The summed E-state index contributed by atoms with van der Waals surface area (Å²) in [5, 5.41) is 3.81. The Bertz CT molecular complexity index is 555. The standard InChI is InChI=1S/C15H18ClN3/c1-3-7-14-18-13(16)10-15(19-14)17-12-9-6-5-8-11(12)4-2/h5-6,8-10H,3-4,7H2,1-2H3,(H,17,18,19). The van der Waals surface area contributed by atoms with E-state index in [2.05, 4.69) is 35.2 Å². The van der Waals surface area contributed by atoms with Crippen LogP contribution in [-0.4, -0.2) is 9.97 Å². The number of hydrogen-bond donors (Lipinski definition) is 1. The molecule has 0 atom stereocenters.